The first-order chi connectivity index (χ1) is 30.7. The number of aromatic nitrogens is 2. The molecule has 2 heterocycles. The fourth-order valence-electron chi connectivity index (χ4n) is 9.11. The van der Waals surface area contributed by atoms with Gasteiger partial charge in [0.15, 0.2) is 0 Å². The van der Waals surface area contributed by atoms with Gasteiger partial charge in [-0.05, 0) is 137 Å². The minimum absolute atomic E-state index is 0.278. The third-order valence-corrected chi connectivity index (χ3v) is 11.8. The average molecular weight is 851 g/mol. The van der Waals surface area contributed by atoms with Gasteiger partial charge in [0.05, 0.1) is 62.8 Å². The molecule has 0 N–H and O–H groups in total. The number of hydrogen-bond acceptors (Lipinski definition) is 1. The fourth-order valence-corrected chi connectivity index (χ4v) is 9.11. The van der Waals surface area contributed by atoms with E-state index in [0.29, 0.717) is 67.0 Å². The third kappa shape index (κ3) is 6.63. The van der Waals surface area contributed by atoms with Crippen molar-refractivity contribution in [3.63, 3.8) is 0 Å². The Morgan fingerprint density at radius 1 is 0.484 bits per heavy atom. The molecule has 8 aromatic carbocycles. The average Bonchev–Trinajstić information content (AvgIpc) is 3.79. The highest BCUT2D eigenvalue weighted by Crippen LogP contribution is 2.47. The summed E-state index contributed by atoms with van der Waals surface area (Å²) in [6, 6.07) is 47.7. The van der Waals surface area contributed by atoms with Crippen molar-refractivity contribution in [3.05, 3.63) is 197 Å². The minimum atomic E-state index is -4.53. The van der Waals surface area contributed by atoms with Gasteiger partial charge in [0.25, 0.3) is 0 Å². The number of nitrogens with zero attached hydrogens (tertiary/aromatic N) is 4. The molecule has 0 spiro atoms. The number of nitriles is 1. The largest absolute Gasteiger partial charge is 0.416 e. The van der Waals surface area contributed by atoms with Gasteiger partial charge in [-0.15, -0.1) is 0 Å². The SMILES string of the molecule is [C-]#[N+]c1c(-n2c3ccccc3c3cc(-c4cc(C)cc(C(F)(F)F)c4)ccc32)ccc(-c2cccc(C#N)c2)c1-n1c2ccccc2c2cc(-c3cc(C)cc(C(F)(F)F)c3)ccc21. The van der Waals surface area contributed by atoms with E-state index in [1.54, 1.807) is 56.3 Å². The predicted molar refractivity (Wildman–Crippen MR) is 242 cm³/mol. The molecule has 10 rings (SSSR count). The van der Waals surface area contributed by atoms with E-state index in [1.807, 2.05) is 100 Å². The summed E-state index contributed by atoms with van der Waals surface area (Å²) < 4.78 is 87.8. The van der Waals surface area contributed by atoms with E-state index in [0.717, 1.165) is 62.4 Å². The molecule has 0 aliphatic carbocycles. The molecule has 0 bridgehead atoms. The molecule has 2 aromatic heterocycles. The minimum Gasteiger partial charge on any atom is -0.319 e. The Labute approximate surface area is 362 Å². The molecular formula is C54H32F6N4. The van der Waals surface area contributed by atoms with Crippen molar-refractivity contribution in [2.24, 2.45) is 0 Å². The van der Waals surface area contributed by atoms with Crippen LogP contribution in [-0.4, -0.2) is 9.13 Å². The van der Waals surface area contributed by atoms with Crippen molar-refractivity contribution in [2.75, 3.05) is 0 Å². The first kappa shape index (κ1) is 40.0. The number of aryl methyl sites for hydroxylation is 2. The molecule has 0 aliphatic heterocycles. The molecular weight excluding hydrogens is 819 g/mol. The molecule has 310 valence electrons. The van der Waals surface area contributed by atoms with Crippen LogP contribution >= 0.6 is 0 Å². The van der Waals surface area contributed by atoms with Crippen molar-refractivity contribution in [3.8, 4) is 50.8 Å². The fraction of sp³-hybridized carbons (Fsp3) is 0.0741. The maximum atomic E-state index is 14.0. The van der Waals surface area contributed by atoms with Gasteiger partial charge >= 0.3 is 12.4 Å². The second-order valence-electron chi connectivity index (χ2n) is 16.0. The van der Waals surface area contributed by atoms with E-state index in [1.165, 1.54) is 0 Å². The standard InChI is InChI=1S/C54H32F6N4/c1-31-21-37(26-39(23-31)53(55,56)57)34-15-18-48-44(28-34)42-11-4-6-13-46(42)63(48)50-20-17-41(36-10-8-9-33(25-36)30-61)52(51(50)62-3)64-47-14-7-5-12-43(47)45-29-35(16-19-49(45)64)38-22-32(2)24-40(27-38)54(58,59)60/h4-29H,1-2H3. The highest BCUT2D eigenvalue weighted by molar-refractivity contribution is 6.14. The van der Waals surface area contributed by atoms with E-state index in [2.05, 4.69) is 10.9 Å². The zero-order valence-corrected chi connectivity index (χ0v) is 34.1. The topological polar surface area (TPSA) is 38.0 Å². The summed E-state index contributed by atoms with van der Waals surface area (Å²) in [5.41, 5.74) is 7.61. The van der Waals surface area contributed by atoms with Crippen LogP contribution in [0.1, 0.15) is 27.8 Å². The van der Waals surface area contributed by atoms with Gasteiger partial charge in [-0.3, -0.25) is 0 Å². The lowest BCUT2D eigenvalue weighted by atomic mass is 9.98. The number of hydrogen-bond donors (Lipinski definition) is 0. The number of rotatable bonds is 5. The van der Waals surface area contributed by atoms with Crippen LogP contribution in [0.25, 0.3) is 93.2 Å². The number of para-hydroxylation sites is 2. The van der Waals surface area contributed by atoms with Crippen LogP contribution in [0.5, 0.6) is 0 Å². The lowest BCUT2D eigenvalue weighted by molar-refractivity contribution is -0.138. The van der Waals surface area contributed by atoms with Crippen LogP contribution in [-0.2, 0) is 12.4 Å². The highest BCUT2D eigenvalue weighted by atomic mass is 19.4. The number of benzene rings is 8. The molecule has 0 amide bonds. The van der Waals surface area contributed by atoms with Crippen LogP contribution in [0.15, 0.2) is 158 Å². The molecule has 0 saturated carbocycles. The van der Waals surface area contributed by atoms with Gasteiger partial charge in [0, 0.05) is 21.5 Å². The zero-order chi connectivity index (χ0) is 44.7. The Morgan fingerprint density at radius 3 is 1.53 bits per heavy atom. The third-order valence-electron chi connectivity index (χ3n) is 11.8. The maximum absolute atomic E-state index is 14.0. The summed E-state index contributed by atoms with van der Waals surface area (Å²) in [4.78, 5) is 4.28. The molecule has 0 aliphatic rings. The van der Waals surface area contributed by atoms with Gasteiger partial charge in [-0.2, -0.15) is 31.6 Å². The molecule has 0 fully saturated rings. The van der Waals surface area contributed by atoms with E-state index < -0.39 is 23.5 Å². The molecule has 10 heteroatoms. The van der Waals surface area contributed by atoms with Gasteiger partial charge in [0.2, 0.25) is 5.69 Å². The lowest BCUT2D eigenvalue weighted by Gasteiger charge is -2.20. The van der Waals surface area contributed by atoms with Crippen LogP contribution in [0, 0.1) is 31.8 Å². The molecule has 64 heavy (non-hydrogen) atoms. The number of fused-ring (bicyclic) bond motifs is 6. The van der Waals surface area contributed by atoms with E-state index in [4.69, 9.17) is 6.57 Å². The summed E-state index contributed by atoms with van der Waals surface area (Å²) in [7, 11) is 0. The monoisotopic (exact) mass is 850 g/mol. The summed E-state index contributed by atoms with van der Waals surface area (Å²) in [6.45, 7) is 12.2. The van der Waals surface area contributed by atoms with Crippen molar-refractivity contribution in [1.82, 2.24) is 9.13 Å². The molecule has 0 radical (unpaired) electrons. The Morgan fingerprint density at radius 2 is 1.00 bits per heavy atom. The van der Waals surface area contributed by atoms with Gasteiger partial charge < -0.3 is 9.13 Å². The molecule has 10 aromatic rings. The summed E-state index contributed by atoms with van der Waals surface area (Å²) in [5.74, 6) is 0. The second kappa shape index (κ2) is 14.8. The highest BCUT2D eigenvalue weighted by Gasteiger charge is 2.32. The smallest absolute Gasteiger partial charge is 0.319 e. The van der Waals surface area contributed by atoms with Gasteiger partial charge in [-0.25, -0.2) is 4.85 Å². The van der Waals surface area contributed by atoms with Crippen LogP contribution in [0.4, 0.5) is 32.0 Å². The predicted octanol–water partition coefficient (Wildman–Crippen LogP) is 16.0. The molecule has 4 nitrogen and oxygen atoms in total. The van der Waals surface area contributed by atoms with Crippen molar-refractivity contribution in [1.29, 1.82) is 5.26 Å². The first-order valence-corrected chi connectivity index (χ1v) is 20.2. The summed E-state index contributed by atoms with van der Waals surface area (Å²) in [6.07, 6.45) is -9.04. The number of halogens is 6. The lowest BCUT2D eigenvalue weighted by Crippen LogP contribution is -2.05. The second-order valence-corrected chi connectivity index (χ2v) is 16.0. The summed E-state index contributed by atoms with van der Waals surface area (Å²) >= 11 is 0. The van der Waals surface area contributed by atoms with Crippen molar-refractivity contribution in [2.45, 2.75) is 26.2 Å². The van der Waals surface area contributed by atoms with Gasteiger partial charge in [-0.1, -0.05) is 78.9 Å². The maximum Gasteiger partial charge on any atom is 0.416 e. The number of alkyl halides is 6. The van der Waals surface area contributed by atoms with Crippen molar-refractivity contribution < 1.29 is 26.3 Å². The summed E-state index contributed by atoms with van der Waals surface area (Å²) in [5, 5.41) is 13.1. The normalized spacial score (nSPS) is 12.0. The van der Waals surface area contributed by atoms with Crippen molar-refractivity contribution >= 4 is 49.3 Å². The molecule has 0 atom stereocenters. The Balaban J connectivity index is 1.26. The Kier molecular flexibility index (Phi) is 9.25. The van der Waals surface area contributed by atoms with E-state index >= 15 is 0 Å². The Hall–Kier alpha value is -8.08. The van der Waals surface area contributed by atoms with Gasteiger partial charge in [0.1, 0.15) is 0 Å². The zero-order valence-electron chi connectivity index (χ0n) is 34.1. The molecule has 0 saturated heterocycles. The quantitative estimate of drug-likeness (QED) is 0.126. The van der Waals surface area contributed by atoms with E-state index in [-0.39, 0.29) is 5.69 Å². The Bertz CT molecular complexity index is 3650. The van der Waals surface area contributed by atoms with Crippen LogP contribution < -0.4 is 0 Å². The first-order valence-electron chi connectivity index (χ1n) is 20.2. The van der Waals surface area contributed by atoms with Crippen LogP contribution in [0.2, 0.25) is 0 Å². The van der Waals surface area contributed by atoms with Crippen LogP contribution in [0.3, 0.4) is 0 Å². The van der Waals surface area contributed by atoms with E-state index in [9.17, 15) is 31.6 Å². The molecule has 0 unspecified atom stereocenters.